The SMILES string of the molecule is CC1(C)CN(C(=O)c2cc(N)c(Cl)c(Cl)c2)CC(C)(C)O1. The third-order valence-corrected chi connectivity index (χ3v) is 4.10. The van der Waals surface area contributed by atoms with Gasteiger partial charge in [-0.05, 0) is 39.8 Å². The Kier molecular flexibility index (Phi) is 4.17. The van der Waals surface area contributed by atoms with Crippen molar-refractivity contribution in [1.82, 2.24) is 4.90 Å². The van der Waals surface area contributed by atoms with Crippen LogP contribution < -0.4 is 5.73 Å². The van der Waals surface area contributed by atoms with Gasteiger partial charge in [-0.25, -0.2) is 0 Å². The van der Waals surface area contributed by atoms with Gasteiger partial charge in [0.2, 0.25) is 0 Å². The van der Waals surface area contributed by atoms with Gasteiger partial charge in [-0.1, -0.05) is 23.2 Å². The van der Waals surface area contributed by atoms with Crippen LogP contribution in [0.5, 0.6) is 0 Å². The molecule has 0 spiro atoms. The number of hydrogen-bond acceptors (Lipinski definition) is 3. The smallest absolute Gasteiger partial charge is 0.254 e. The summed E-state index contributed by atoms with van der Waals surface area (Å²) in [4.78, 5) is 14.5. The number of amides is 1. The van der Waals surface area contributed by atoms with E-state index < -0.39 is 11.2 Å². The first-order valence-electron chi connectivity index (χ1n) is 6.75. The molecule has 1 aromatic carbocycles. The van der Waals surface area contributed by atoms with Crippen molar-refractivity contribution in [3.63, 3.8) is 0 Å². The number of carbonyl (C=O) groups is 1. The summed E-state index contributed by atoms with van der Waals surface area (Å²) in [6.07, 6.45) is 0. The molecule has 0 aromatic heterocycles. The summed E-state index contributed by atoms with van der Waals surface area (Å²) in [6, 6.07) is 3.12. The van der Waals surface area contributed by atoms with Crippen molar-refractivity contribution in [2.24, 2.45) is 0 Å². The molecule has 1 amide bonds. The number of hydrogen-bond donors (Lipinski definition) is 1. The van der Waals surface area contributed by atoms with Crippen LogP contribution in [-0.2, 0) is 4.74 Å². The molecule has 1 aromatic rings. The van der Waals surface area contributed by atoms with Gasteiger partial charge in [0.05, 0.1) is 26.9 Å². The third-order valence-electron chi connectivity index (χ3n) is 3.29. The Bertz CT molecular complexity index is 546. The van der Waals surface area contributed by atoms with E-state index in [1.807, 2.05) is 27.7 Å². The topological polar surface area (TPSA) is 55.6 Å². The maximum Gasteiger partial charge on any atom is 0.254 e. The first-order chi connectivity index (χ1) is 9.51. The Morgan fingerprint density at radius 2 is 1.71 bits per heavy atom. The normalized spacial score (nSPS) is 20.4. The second kappa shape index (κ2) is 5.34. The number of nitrogens with two attached hydrogens (primary N) is 1. The second-order valence-corrected chi connectivity index (χ2v) is 7.43. The van der Waals surface area contributed by atoms with Gasteiger partial charge in [-0.2, -0.15) is 0 Å². The van der Waals surface area contributed by atoms with E-state index in [-0.39, 0.29) is 16.0 Å². The zero-order chi connectivity index (χ0) is 16.0. The number of anilines is 1. The highest BCUT2D eigenvalue weighted by Gasteiger charge is 2.40. The van der Waals surface area contributed by atoms with Crippen LogP contribution in [0.3, 0.4) is 0 Å². The number of carbonyl (C=O) groups excluding carboxylic acids is 1. The average Bonchev–Trinajstić information content (AvgIpc) is 2.30. The van der Waals surface area contributed by atoms with Crippen molar-refractivity contribution in [2.75, 3.05) is 18.8 Å². The Hall–Kier alpha value is -0.970. The fourth-order valence-corrected chi connectivity index (χ4v) is 3.18. The quantitative estimate of drug-likeness (QED) is 0.800. The van der Waals surface area contributed by atoms with Crippen LogP contribution in [0, 0.1) is 0 Å². The van der Waals surface area contributed by atoms with E-state index in [0.29, 0.717) is 24.3 Å². The van der Waals surface area contributed by atoms with Gasteiger partial charge >= 0.3 is 0 Å². The minimum Gasteiger partial charge on any atom is -0.397 e. The fraction of sp³-hybridized carbons (Fsp3) is 0.533. The molecule has 0 radical (unpaired) electrons. The summed E-state index contributed by atoms with van der Waals surface area (Å²) in [6.45, 7) is 8.90. The molecule has 0 saturated carbocycles. The lowest BCUT2D eigenvalue weighted by molar-refractivity contribution is -0.171. The maximum atomic E-state index is 12.7. The van der Waals surface area contributed by atoms with E-state index in [9.17, 15) is 4.79 Å². The first kappa shape index (κ1) is 16.4. The van der Waals surface area contributed by atoms with Crippen molar-refractivity contribution in [1.29, 1.82) is 0 Å². The van der Waals surface area contributed by atoms with Crippen LogP contribution in [0.2, 0.25) is 10.0 Å². The predicted molar refractivity (Wildman–Crippen MR) is 86.0 cm³/mol. The molecule has 1 aliphatic rings. The van der Waals surface area contributed by atoms with Crippen LogP contribution in [0.25, 0.3) is 0 Å². The highest BCUT2D eigenvalue weighted by atomic mass is 35.5. The van der Waals surface area contributed by atoms with E-state index in [4.69, 9.17) is 33.7 Å². The van der Waals surface area contributed by atoms with Crippen LogP contribution in [0.15, 0.2) is 12.1 Å². The lowest BCUT2D eigenvalue weighted by atomic mass is 9.98. The van der Waals surface area contributed by atoms with Crippen molar-refractivity contribution >= 4 is 34.8 Å². The predicted octanol–water partition coefficient (Wildman–Crippen LogP) is 3.61. The summed E-state index contributed by atoms with van der Waals surface area (Å²) < 4.78 is 5.98. The summed E-state index contributed by atoms with van der Waals surface area (Å²) >= 11 is 11.9. The number of nitrogen functional groups attached to an aromatic ring is 1. The zero-order valence-electron chi connectivity index (χ0n) is 12.7. The van der Waals surface area contributed by atoms with Crippen LogP contribution in [0.4, 0.5) is 5.69 Å². The largest absolute Gasteiger partial charge is 0.397 e. The Balaban J connectivity index is 2.31. The molecular formula is C15H20Cl2N2O2. The summed E-state index contributed by atoms with van der Waals surface area (Å²) in [5.41, 5.74) is 5.72. The minimum atomic E-state index is -0.404. The summed E-state index contributed by atoms with van der Waals surface area (Å²) in [7, 11) is 0. The second-order valence-electron chi connectivity index (χ2n) is 6.64. The van der Waals surface area contributed by atoms with Gasteiger partial charge in [0.1, 0.15) is 0 Å². The zero-order valence-corrected chi connectivity index (χ0v) is 14.2. The molecule has 116 valence electrons. The molecule has 0 aliphatic carbocycles. The molecule has 0 unspecified atom stereocenters. The maximum absolute atomic E-state index is 12.7. The average molecular weight is 331 g/mol. The number of ether oxygens (including phenoxy) is 1. The monoisotopic (exact) mass is 330 g/mol. The molecule has 21 heavy (non-hydrogen) atoms. The molecule has 1 saturated heterocycles. The van der Waals surface area contributed by atoms with E-state index in [2.05, 4.69) is 0 Å². The van der Waals surface area contributed by atoms with Gasteiger partial charge in [0, 0.05) is 18.7 Å². The van der Waals surface area contributed by atoms with Gasteiger partial charge in [-0.15, -0.1) is 0 Å². The summed E-state index contributed by atoms with van der Waals surface area (Å²) in [5, 5.41) is 0.558. The highest BCUT2D eigenvalue weighted by Crippen LogP contribution is 2.32. The Morgan fingerprint density at radius 3 is 2.19 bits per heavy atom. The number of morpholine rings is 1. The Labute approximate surface area is 135 Å². The van der Waals surface area contributed by atoms with E-state index in [1.165, 1.54) is 0 Å². The highest BCUT2D eigenvalue weighted by molar-refractivity contribution is 6.43. The van der Waals surface area contributed by atoms with Crippen LogP contribution in [-0.4, -0.2) is 35.1 Å². The Morgan fingerprint density at radius 1 is 1.19 bits per heavy atom. The minimum absolute atomic E-state index is 0.121. The van der Waals surface area contributed by atoms with Crippen molar-refractivity contribution in [3.05, 3.63) is 27.7 Å². The molecule has 1 fully saturated rings. The molecule has 0 atom stereocenters. The van der Waals surface area contributed by atoms with Crippen molar-refractivity contribution in [3.8, 4) is 0 Å². The van der Waals surface area contributed by atoms with Crippen LogP contribution in [0.1, 0.15) is 38.1 Å². The van der Waals surface area contributed by atoms with Crippen molar-refractivity contribution < 1.29 is 9.53 Å². The number of rotatable bonds is 1. The molecule has 0 bridgehead atoms. The van der Waals surface area contributed by atoms with Crippen LogP contribution >= 0.6 is 23.2 Å². The van der Waals surface area contributed by atoms with E-state index in [0.717, 1.165) is 0 Å². The van der Waals surface area contributed by atoms with E-state index >= 15 is 0 Å². The molecule has 2 rings (SSSR count). The first-order valence-corrected chi connectivity index (χ1v) is 7.50. The number of nitrogens with zero attached hydrogens (tertiary/aromatic N) is 1. The van der Waals surface area contributed by atoms with E-state index in [1.54, 1.807) is 17.0 Å². The summed E-state index contributed by atoms with van der Waals surface area (Å²) in [5.74, 6) is -0.121. The molecule has 4 nitrogen and oxygen atoms in total. The lowest BCUT2D eigenvalue weighted by Gasteiger charge is -2.47. The van der Waals surface area contributed by atoms with Gasteiger partial charge in [-0.3, -0.25) is 4.79 Å². The van der Waals surface area contributed by atoms with Crippen molar-refractivity contribution in [2.45, 2.75) is 38.9 Å². The third kappa shape index (κ3) is 3.62. The number of benzene rings is 1. The lowest BCUT2D eigenvalue weighted by Crippen LogP contribution is -2.58. The molecule has 1 aliphatic heterocycles. The standard InChI is InChI=1S/C15H20Cl2N2O2/c1-14(2)7-19(8-15(3,4)21-14)13(20)9-5-10(16)12(17)11(18)6-9/h5-6H,7-8,18H2,1-4H3. The van der Waals surface area contributed by atoms with Gasteiger partial charge < -0.3 is 15.4 Å². The molecule has 2 N–H and O–H groups in total. The van der Waals surface area contributed by atoms with Gasteiger partial charge in [0.25, 0.3) is 5.91 Å². The molecule has 1 heterocycles. The number of halogens is 2. The molecule has 6 heteroatoms. The van der Waals surface area contributed by atoms with Gasteiger partial charge in [0.15, 0.2) is 0 Å². The fourth-order valence-electron chi connectivity index (χ4n) is 2.85. The molecular weight excluding hydrogens is 311 g/mol.